The summed E-state index contributed by atoms with van der Waals surface area (Å²) in [4.78, 5) is 2.49. The first-order valence-corrected chi connectivity index (χ1v) is 7.22. The second-order valence-electron chi connectivity index (χ2n) is 5.22. The molecular formula is C15H23ClN2. The van der Waals surface area contributed by atoms with Crippen molar-refractivity contribution in [2.24, 2.45) is 0 Å². The van der Waals surface area contributed by atoms with Crippen molar-refractivity contribution < 1.29 is 0 Å². The first-order chi connectivity index (χ1) is 8.72. The van der Waals surface area contributed by atoms with Gasteiger partial charge in [0.1, 0.15) is 0 Å². The summed E-state index contributed by atoms with van der Waals surface area (Å²) >= 11 is 6.26. The van der Waals surface area contributed by atoms with Crippen molar-refractivity contribution in [3.8, 4) is 0 Å². The van der Waals surface area contributed by atoms with Gasteiger partial charge in [-0.3, -0.25) is 0 Å². The molecule has 0 radical (unpaired) electrons. The minimum absolute atomic E-state index is 0.348. The highest BCUT2D eigenvalue weighted by molar-refractivity contribution is 6.31. The summed E-state index contributed by atoms with van der Waals surface area (Å²) in [6.45, 7) is 1.13. The molecule has 1 atom stereocenters. The van der Waals surface area contributed by atoms with Crippen molar-refractivity contribution in [1.82, 2.24) is 10.2 Å². The molecule has 1 N–H and O–H groups in total. The molecular weight excluding hydrogens is 244 g/mol. The third-order valence-electron chi connectivity index (χ3n) is 4.10. The topological polar surface area (TPSA) is 15.3 Å². The van der Waals surface area contributed by atoms with Crippen molar-refractivity contribution in [2.75, 3.05) is 20.6 Å². The summed E-state index contributed by atoms with van der Waals surface area (Å²) in [5.74, 6) is 0. The summed E-state index contributed by atoms with van der Waals surface area (Å²) < 4.78 is 0. The predicted molar refractivity (Wildman–Crippen MR) is 78.1 cm³/mol. The standard InChI is InChI=1S/C15H23ClN2/c1-17-15(13-8-3-4-9-14(13)16)10-11-18(2)12-6-5-7-12/h3-4,8-9,12,15,17H,5-7,10-11H2,1-2H3. The van der Waals surface area contributed by atoms with Crippen LogP contribution in [0.25, 0.3) is 0 Å². The SMILES string of the molecule is CNC(CCN(C)C1CCC1)c1ccccc1Cl. The highest BCUT2D eigenvalue weighted by Gasteiger charge is 2.22. The highest BCUT2D eigenvalue weighted by atomic mass is 35.5. The summed E-state index contributed by atoms with van der Waals surface area (Å²) in [6.07, 6.45) is 5.24. The van der Waals surface area contributed by atoms with Gasteiger partial charge in [0.05, 0.1) is 0 Å². The van der Waals surface area contributed by atoms with Gasteiger partial charge in [0.15, 0.2) is 0 Å². The van der Waals surface area contributed by atoms with Crippen molar-refractivity contribution in [3.63, 3.8) is 0 Å². The molecule has 1 aliphatic rings. The van der Waals surface area contributed by atoms with Gasteiger partial charge in [-0.05, 0) is 51.5 Å². The first-order valence-electron chi connectivity index (χ1n) is 6.84. The van der Waals surface area contributed by atoms with Gasteiger partial charge in [-0.25, -0.2) is 0 Å². The van der Waals surface area contributed by atoms with Crippen LogP contribution in [0.3, 0.4) is 0 Å². The van der Waals surface area contributed by atoms with E-state index in [4.69, 9.17) is 11.6 Å². The van der Waals surface area contributed by atoms with Gasteiger partial charge in [-0.15, -0.1) is 0 Å². The number of halogens is 1. The minimum atomic E-state index is 0.348. The van der Waals surface area contributed by atoms with Gasteiger partial charge in [0.25, 0.3) is 0 Å². The van der Waals surface area contributed by atoms with Gasteiger partial charge in [0, 0.05) is 17.1 Å². The Kier molecular flexibility index (Phi) is 5.04. The van der Waals surface area contributed by atoms with Crippen LogP contribution in [0.1, 0.15) is 37.3 Å². The monoisotopic (exact) mass is 266 g/mol. The fourth-order valence-corrected chi connectivity index (χ4v) is 2.82. The molecule has 18 heavy (non-hydrogen) atoms. The maximum Gasteiger partial charge on any atom is 0.0453 e. The van der Waals surface area contributed by atoms with Crippen LogP contribution < -0.4 is 5.32 Å². The predicted octanol–water partition coefficient (Wildman–Crippen LogP) is 3.47. The quantitative estimate of drug-likeness (QED) is 0.848. The zero-order valence-corrected chi connectivity index (χ0v) is 12.1. The maximum atomic E-state index is 6.26. The number of hydrogen-bond donors (Lipinski definition) is 1. The van der Waals surface area contributed by atoms with Crippen LogP contribution in [-0.2, 0) is 0 Å². The van der Waals surface area contributed by atoms with E-state index in [2.05, 4.69) is 29.4 Å². The molecule has 0 heterocycles. The molecule has 0 aromatic heterocycles. The molecule has 100 valence electrons. The van der Waals surface area contributed by atoms with E-state index in [0.29, 0.717) is 6.04 Å². The highest BCUT2D eigenvalue weighted by Crippen LogP contribution is 2.27. The van der Waals surface area contributed by atoms with Crippen LogP contribution in [0.4, 0.5) is 0 Å². The van der Waals surface area contributed by atoms with Gasteiger partial charge >= 0.3 is 0 Å². The molecule has 2 nitrogen and oxygen atoms in total. The molecule has 1 aromatic carbocycles. The summed E-state index contributed by atoms with van der Waals surface area (Å²) in [7, 11) is 4.25. The molecule has 2 rings (SSSR count). The molecule has 0 saturated heterocycles. The van der Waals surface area contributed by atoms with E-state index in [1.165, 1.54) is 24.8 Å². The molecule has 0 spiro atoms. The Labute approximate surface area is 115 Å². The lowest BCUT2D eigenvalue weighted by Gasteiger charge is -2.35. The van der Waals surface area contributed by atoms with Crippen LogP contribution in [0.15, 0.2) is 24.3 Å². The molecule has 1 unspecified atom stereocenters. The Morgan fingerprint density at radius 2 is 2.11 bits per heavy atom. The lowest BCUT2D eigenvalue weighted by Crippen LogP contribution is -2.38. The van der Waals surface area contributed by atoms with E-state index in [1.54, 1.807) is 0 Å². The number of nitrogens with zero attached hydrogens (tertiary/aromatic N) is 1. The fraction of sp³-hybridized carbons (Fsp3) is 0.600. The van der Waals surface area contributed by atoms with E-state index in [0.717, 1.165) is 24.0 Å². The number of hydrogen-bond acceptors (Lipinski definition) is 2. The fourth-order valence-electron chi connectivity index (χ4n) is 2.56. The van der Waals surface area contributed by atoms with Gasteiger partial charge in [-0.1, -0.05) is 36.2 Å². The van der Waals surface area contributed by atoms with E-state index in [1.807, 2.05) is 19.2 Å². The molecule has 0 aliphatic heterocycles. The average molecular weight is 267 g/mol. The van der Waals surface area contributed by atoms with E-state index >= 15 is 0 Å². The van der Waals surface area contributed by atoms with E-state index in [-0.39, 0.29) is 0 Å². The van der Waals surface area contributed by atoms with Crippen LogP contribution in [-0.4, -0.2) is 31.6 Å². The molecule has 1 fully saturated rings. The Bertz CT molecular complexity index is 377. The summed E-state index contributed by atoms with van der Waals surface area (Å²) in [6, 6.07) is 9.29. The van der Waals surface area contributed by atoms with Crippen molar-refractivity contribution in [3.05, 3.63) is 34.9 Å². The van der Waals surface area contributed by atoms with Crippen LogP contribution in [0, 0.1) is 0 Å². The van der Waals surface area contributed by atoms with E-state index in [9.17, 15) is 0 Å². The zero-order valence-electron chi connectivity index (χ0n) is 11.3. The Morgan fingerprint density at radius 3 is 2.67 bits per heavy atom. The number of benzene rings is 1. The molecule has 0 bridgehead atoms. The minimum Gasteiger partial charge on any atom is -0.313 e. The first kappa shape index (κ1) is 13.9. The summed E-state index contributed by atoms with van der Waals surface area (Å²) in [5.41, 5.74) is 1.21. The average Bonchev–Trinajstić information content (AvgIpc) is 2.29. The summed E-state index contributed by atoms with van der Waals surface area (Å²) in [5, 5.41) is 4.24. The van der Waals surface area contributed by atoms with E-state index < -0.39 is 0 Å². The lowest BCUT2D eigenvalue weighted by atomic mass is 9.91. The third-order valence-corrected chi connectivity index (χ3v) is 4.44. The Balaban J connectivity index is 1.91. The molecule has 1 saturated carbocycles. The molecule has 1 aromatic rings. The maximum absolute atomic E-state index is 6.26. The van der Waals surface area contributed by atoms with Gasteiger partial charge < -0.3 is 10.2 Å². The normalized spacial score (nSPS) is 17.8. The second-order valence-corrected chi connectivity index (χ2v) is 5.62. The third kappa shape index (κ3) is 3.25. The van der Waals surface area contributed by atoms with Gasteiger partial charge in [0.2, 0.25) is 0 Å². The largest absolute Gasteiger partial charge is 0.313 e. The Hall–Kier alpha value is -0.570. The lowest BCUT2D eigenvalue weighted by molar-refractivity contribution is 0.153. The van der Waals surface area contributed by atoms with Crippen LogP contribution >= 0.6 is 11.6 Å². The smallest absolute Gasteiger partial charge is 0.0453 e. The van der Waals surface area contributed by atoms with Crippen molar-refractivity contribution in [2.45, 2.75) is 37.8 Å². The number of nitrogens with one attached hydrogen (secondary N) is 1. The van der Waals surface area contributed by atoms with Gasteiger partial charge in [-0.2, -0.15) is 0 Å². The van der Waals surface area contributed by atoms with Crippen LogP contribution in [0.2, 0.25) is 5.02 Å². The van der Waals surface area contributed by atoms with Crippen LogP contribution in [0.5, 0.6) is 0 Å². The van der Waals surface area contributed by atoms with Crippen molar-refractivity contribution >= 4 is 11.6 Å². The number of rotatable bonds is 6. The second kappa shape index (κ2) is 6.55. The molecule has 3 heteroatoms. The molecule has 0 amide bonds. The Morgan fingerprint density at radius 1 is 1.39 bits per heavy atom. The van der Waals surface area contributed by atoms with Crippen molar-refractivity contribution in [1.29, 1.82) is 0 Å². The zero-order chi connectivity index (χ0) is 13.0. The molecule has 1 aliphatic carbocycles.